The first-order valence-corrected chi connectivity index (χ1v) is 11.5. The zero-order chi connectivity index (χ0) is 22.0. The SMILES string of the molecule is CCN(CC)S(=O)(=O)c1ccc(CCNC(=O)C(=O)NCCc2ccccc2)cc1. The molecule has 0 spiro atoms. The van der Waals surface area contributed by atoms with Crippen LogP contribution in [0.2, 0.25) is 0 Å². The molecule has 0 saturated heterocycles. The molecule has 2 aromatic rings. The molecule has 0 aliphatic rings. The largest absolute Gasteiger partial charge is 0.348 e. The fourth-order valence-electron chi connectivity index (χ4n) is 2.99. The van der Waals surface area contributed by atoms with Crippen molar-refractivity contribution < 1.29 is 18.0 Å². The highest BCUT2D eigenvalue weighted by molar-refractivity contribution is 7.89. The molecule has 0 bridgehead atoms. The van der Waals surface area contributed by atoms with E-state index in [0.29, 0.717) is 32.5 Å². The van der Waals surface area contributed by atoms with E-state index >= 15 is 0 Å². The van der Waals surface area contributed by atoms with Crippen LogP contribution in [-0.2, 0) is 32.5 Å². The highest BCUT2D eigenvalue weighted by Crippen LogP contribution is 2.16. The maximum absolute atomic E-state index is 12.5. The van der Waals surface area contributed by atoms with Crippen molar-refractivity contribution in [2.24, 2.45) is 0 Å². The van der Waals surface area contributed by atoms with Crippen LogP contribution in [0.1, 0.15) is 25.0 Å². The molecule has 8 heteroatoms. The number of carbonyl (C=O) groups excluding carboxylic acids is 2. The van der Waals surface area contributed by atoms with Gasteiger partial charge in [0, 0.05) is 26.2 Å². The van der Waals surface area contributed by atoms with Gasteiger partial charge in [0.15, 0.2) is 0 Å². The number of sulfonamides is 1. The van der Waals surface area contributed by atoms with E-state index < -0.39 is 21.8 Å². The van der Waals surface area contributed by atoms with Gasteiger partial charge in [0.1, 0.15) is 0 Å². The molecular weight excluding hydrogens is 402 g/mol. The molecule has 2 aromatic carbocycles. The van der Waals surface area contributed by atoms with E-state index in [1.807, 2.05) is 30.3 Å². The fourth-order valence-corrected chi connectivity index (χ4v) is 4.44. The molecule has 7 nitrogen and oxygen atoms in total. The second-order valence-corrected chi connectivity index (χ2v) is 8.67. The molecular formula is C22H29N3O4S. The molecule has 0 aliphatic carbocycles. The summed E-state index contributed by atoms with van der Waals surface area (Å²) >= 11 is 0. The van der Waals surface area contributed by atoms with Crippen molar-refractivity contribution in [3.8, 4) is 0 Å². The molecule has 2 rings (SSSR count). The highest BCUT2D eigenvalue weighted by atomic mass is 32.2. The predicted octanol–water partition coefficient (Wildman–Crippen LogP) is 1.73. The molecule has 0 unspecified atom stereocenters. The molecule has 30 heavy (non-hydrogen) atoms. The lowest BCUT2D eigenvalue weighted by atomic mass is 10.1. The summed E-state index contributed by atoms with van der Waals surface area (Å²) in [5.41, 5.74) is 1.96. The van der Waals surface area contributed by atoms with Gasteiger partial charge in [0.25, 0.3) is 0 Å². The van der Waals surface area contributed by atoms with E-state index in [1.165, 1.54) is 4.31 Å². The second-order valence-electron chi connectivity index (χ2n) is 6.73. The third-order valence-electron chi connectivity index (χ3n) is 4.71. The van der Waals surface area contributed by atoms with E-state index in [-0.39, 0.29) is 11.4 Å². The van der Waals surface area contributed by atoms with E-state index in [2.05, 4.69) is 10.6 Å². The minimum atomic E-state index is -3.48. The van der Waals surface area contributed by atoms with Crippen LogP contribution in [0.25, 0.3) is 0 Å². The quantitative estimate of drug-likeness (QED) is 0.560. The molecule has 0 radical (unpaired) electrons. The number of benzene rings is 2. The van der Waals surface area contributed by atoms with Crippen LogP contribution in [0.3, 0.4) is 0 Å². The standard InChI is InChI=1S/C22H29N3O4S/c1-3-25(4-2)30(28,29)20-12-10-19(11-13-20)15-17-24-22(27)21(26)23-16-14-18-8-6-5-7-9-18/h5-13H,3-4,14-17H2,1-2H3,(H,23,26)(H,24,27). The van der Waals surface area contributed by atoms with Gasteiger partial charge in [-0.3, -0.25) is 9.59 Å². The topological polar surface area (TPSA) is 95.6 Å². The molecule has 2 amide bonds. The van der Waals surface area contributed by atoms with Gasteiger partial charge >= 0.3 is 11.8 Å². The van der Waals surface area contributed by atoms with Crippen molar-refractivity contribution in [2.45, 2.75) is 31.6 Å². The zero-order valence-electron chi connectivity index (χ0n) is 17.4. The van der Waals surface area contributed by atoms with Crippen molar-refractivity contribution in [1.29, 1.82) is 0 Å². The van der Waals surface area contributed by atoms with Gasteiger partial charge in [0.2, 0.25) is 10.0 Å². The van der Waals surface area contributed by atoms with E-state index in [4.69, 9.17) is 0 Å². The first-order chi connectivity index (χ1) is 14.4. The number of rotatable bonds is 10. The average Bonchev–Trinajstić information content (AvgIpc) is 2.75. The summed E-state index contributed by atoms with van der Waals surface area (Å²) in [5, 5.41) is 5.19. The molecule has 162 valence electrons. The monoisotopic (exact) mass is 431 g/mol. The Hall–Kier alpha value is -2.71. The zero-order valence-corrected chi connectivity index (χ0v) is 18.2. The van der Waals surface area contributed by atoms with Crippen LogP contribution in [0, 0.1) is 0 Å². The van der Waals surface area contributed by atoms with Gasteiger partial charge in [0.05, 0.1) is 4.90 Å². The lowest BCUT2D eigenvalue weighted by Gasteiger charge is -2.18. The van der Waals surface area contributed by atoms with Crippen molar-refractivity contribution in [3.63, 3.8) is 0 Å². The van der Waals surface area contributed by atoms with Crippen LogP contribution >= 0.6 is 0 Å². The summed E-state index contributed by atoms with van der Waals surface area (Å²) in [6.07, 6.45) is 1.15. The van der Waals surface area contributed by atoms with Gasteiger partial charge in [-0.2, -0.15) is 4.31 Å². The van der Waals surface area contributed by atoms with Crippen LogP contribution in [-0.4, -0.2) is 50.7 Å². The fraction of sp³-hybridized carbons (Fsp3) is 0.364. The normalized spacial score (nSPS) is 11.3. The Kier molecular flexibility index (Phi) is 9.01. The summed E-state index contributed by atoms with van der Waals surface area (Å²) in [6, 6.07) is 16.3. The van der Waals surface area contributed by atoms with Crippen LogP contribution < -0.4 is 10.6 Å². The highest BCUT2D eigenvalue weighted by Gasteiger charge is 2.21. The molecule has 0 atom stereocenters. The molecule has 0 heterocycles. The molecule has 0 aromatic heterocycles. The van der Waals surface area contributed by atoms with Crippen LogP contribution in [0.4, 0.5) is 0 Å². The summed E-state index contributed by atoms with van der Waals surface area (Å²) in [7, 11) is -3.48. The Morgan fingerprint density at radius 1 is 0.767 bits per heavy atom. The lowest BCUT2D eigenvalue weighted by molar-refractivity contribution is -0.139. The van der Waals surface area contributed by atoms with E-state index in [9.17, 15) is 18.0 Å². The van der Waals surface area contributed by atoms with Crippen molar-refractivity contribution in [1.82, 2.24) is 14.9 Å². The van der Waals surface area contributed by atoms with E-state index in [1.54, 1.807) is 38.1 Å². The minimum absolute atomic E-state index is 0.247. The van der Waals surface area contributed by atoms with Gasteiger partial charge in [-0.25, -0.2) is 8.42 Å². The van der Waals surface area contributed by atoms with Crippen LogP contribution in [0.15, 0.2) is 59.5 Å². The number of nitrogens with zero attached hydrogens (tertiary/aromatic N) is 1. The van der Waals surface area contributed by atoms with Crippen LogP contribution in [0.5, 0.6) is 0 Å². The first-order valence-electron chi connectivity index (χ1n) is 10.1. The number of carbonyl (C=O) groups is 2. The molecule has 0 aliphatic heterocycles. The summed E-state index contributed by atoms with van der Waals surface area (Å²) in [4.78, 5) is 24.0. The molecule has 2 N–H and O–H groups in total. The number of hydrogen-bond donors (Lipinski definition) is 2. The average molecular weight is 432 g/mol. The summed E-state index contributed by atoms with van der Waals surface area (Å²) in [5.74, 6) is -1.34. The number of hydrogen-bond acceptors (Lipinski definition) is 4. The predicted molar refractivity (Wildman–Crippen MR) is 116 cm³/mol. The lowest BCUT2D eigenvalue weighted by Crippen LogP contribution is -2.41. The summed E-state index contributed by atoms with van der Waals surface area (Å²) < 4.78 is 26.4. The van der Waals surface area contributed by atoms with Gasteiger partial charge < -0.3 is 10.6 Å². The second kappa shape index (κ2) is 11.5. The third kappa shape index (κ3) is 6.67. The Labute approximate surface area is 178 Å². The van der Waals surface area contributed by atoms with Crippen molar-refractivity contribution in [3.05, 3.63) is 65.7 Å². The van der Waals surface area contributed by atoms with Gasteiger partial charge in [-0.1, -0.05) is 56.3 Å². The van der Waals surface area contributed by atoms with E-state index in [0.717, 1.165) is 11.1 Å². The third-order valence-corrected chi connectivity index (χ3v) is 6.78. The maximum Gasteiger partial charge on any atom is 0.309 e. The van der Waals surface area contributed by atoms with Gasteiger partial charge in [-0.15, -0.1) is 0 Å². The first kappa shape index (κ1) is 23.6. The Bertz CT molecular complexity index is 925. The maximum atomic E-state index is 12.5. The number of nitrogens with one attached hydrogen (secondary N) is 2. The smallest absolute Gasteiger partial charge is 0.309 e. The molecule has 0 saturated carbocycles. The number of amides is 2. The Morgan fingerprint density at radius 3 is 1.70 bits per heavy atom. The van der Waals surface area contributed by atoms with Crippen molar-refractivity contribution >= 4 is 21.8 Å². The Balaban J connectivity index is 1.76. The Morgan fingerprint density at radius 2 is 1.23 bits per heavy atom. The van der Waals surface area contributed by atoms with Gasteiger partial charge in [-0.05, 0) is 36.1 Å². The van der Waals surface area contributed by atoms with Crippen molar-refractivity contribution in [2.75, 3.05) is 26.2 Å². The minimum Gasteiger partial charge on any atom is -0.348 e. The summed E-state index contributed by atoms with van der Waals surface area (Å²) in [6.45, 7) is 5.11. The molecule has 0 fully saturated rings.